The lowest BCUT2D eigenvalue weighted by atomic mass is 10.6. The van der Waals surface area contributed by atoms with Crippen LogP contribution in [-0.4, -0.2) is 17.7 Å². The summed E-state index contributed by atoms with van der Waals surface area (Å²) in [6, 6.07) is -0.698. The van der Waals surface area contributed by atoms with Crippen LogP contribution in [0, 0.1) is 0 Å². The average molecular weight is 131 g/mol. The van der Waals surface area contributed by atoms with Gasteiger partial charge in [0.25, 0.3) is 0 Å². The van der Waals surface area contributed by atoms with Crippen molar-refractivity contribution < 1.29 is 9.90 Å². The summed E-state index contributed by atoms with van der Waals surface area (Å²) >= 11 is 0. The third-order valence-electron chi connectivity index (χ3n) is 0.504. The summed E-state index contributed by atoms with van der Waals surface area (Å²) in [4.78, 5) is 9.92. The van der Waals surface area contributed by atoms with Crippen molar-refractivity contribution >= 4 is 6.03 Å². The van der Waals surface area contributed by atoms with Gasteiger partial charge >= 0.3 is 6.03 Å². The molecule has 0 rings (SSSR count). The van der Waals surface area contributed by atoms with Crippen molar-refractivity contribution in [1.82, 2.24) is 10.9 Å². The zero-order valence-electron chi connectivity index (χ0n) is 4.85. The van der Waals surface area contributed by atoms with E-state index in [0.29, 0.717) is 0 Å². The Bertz CT molecular complexity index is 109. The maximum Gasteiger partial charge on any atom is 0.326 e. The fourth-order valence-electron chi connectivity index (χ4n) is 0.233. The van der Waals surface area contributed by atoms with Crippen LogP contribution in [0.3, 0.4) is 0 Å². The van der Waals surface area contributed by atoms with Crippen LogP contribution in [0.15, 0.2) is 12.3 Å². The third kappa shape index (κ3) is 6.77. The number of rotatable bonds is 3. The number of hydrazine groups is 1. The molecule has 0 saturated carbocycles. The third-order valence-corrected chi connectivity index (χ3v) is 0.504. The molecule has 0 aromatic heterocycles. The Balaban J connectivity index is 3.10. The number of aliphatic hydroxyl groups excluding tert-OH is 1. The molecule has 5 N–H and O–H groups in total. The number of nitrogens with two attached hydrogens (primary N) is 1. The van der Waals surface area contributed by atoms with Gasteiger partial charge in [-0.3, -0.25) is 5.43 Å². The number of carbonyl (C=O) groups is 1. The van der Waals surface area contributed by atoms with Gasteiger partial charge in [-0.2, -0.15) is 0 Å². The molecule has 0 bridgehead atoms. The van der Waals surface area contributed by atoms with E-state index >= 15 is 0 Å². The fraction of sp³-hybridized carbons (Fsp3) is 0.250. The van der Waals surface area contributed by atoms with Crippen molar-refractivity contribution in [3.8, 4) is 0 Å². The molecule has 0 aliphatic heterocycles. The molecular weight excluding hydrogens is 122 g/mol. The minimum atomic E-state index is -0.698. The Labute approximate surface area is 52.5 Å². The van der Waals surface area contributed by atoms with Gasteiger partial charge in [0.05, 0.1) is 6.54 Å². The summed E-state index contributed by atoms with van der Waals surface area (Å²) in [5.41, 5.74) is 9.01. The molecule has 9 heavy (non-hydrogen) atoms. The van der Waals surface area contributed by atoms with Gasteiger partial charge in [-0.15, -0.1) is 0 Å². The van der Waals surface area contributed by atoms with E-state index < -0.39 is 6.03 Å². The lowest BCUT2D eigenvalue weighted by Gasteiger charge is -2.00. The molecule has 5 heteroatoms. The van der Waals surface area contributed by atoms with Gasteiger partial charge in [0.15, 0.2) is 0 Å². The highest BCUT2D eigenvalue weighted by molar-refractivity contribution is 5.70. The van der Waals surface area contributed by atoms with E-state index in [-0.39, 0.29) is 12.3 Å². The van der Waals surface area contributed by atoms with E-state index in [1.54, 1.807) is 0 Å². The van der Waals surface area contributed by atoms with Crippen LogP contribution < -0.4 is 16.6 Å². The van der Waals surface area contributed by atoms with Crippen molar-refractivity contribution in [2.45, 2.75) is 0 Å². The topological polar surface area (TPSA) is 87.4 Å². The van der Waals surface area contributed by atoms with Gasteiger partial charge < -0.3 is 10.8 Å². The van der Waals surface area contributed by atoms with Crippen molar-refractivity contribution in [1.29, 1.82) is 0 Å². The van der Waals surface area contributed by atoms with E-state index in [1.165, 1.54) is 0 Å². The van der Waals surface area contributed by atoms with E-state index in [4.69, 9.17) is 5.11 Å². The Hall–Kier alpha value is -1.23. The molecule has 0 aliphatic carbocycles. The molecule has 2 amide bonds. The zero-order valence-corrected chi connectivity index (χ0v) is 4.85. The molecule has 0 fully saturated rings. The van der Waals surface area contributed by atoms with Gasteiger partial charge in [-0.1, -0.05) is 6.58 Å². The van der Waals surface area contributed by atoms with Crippen LogP contribution in [0.4, 0.5) is 4.79 Å². The molecule has 0 aromatic rings. The molecule has 0 spiro atoms. The second kappa shape index (κ2) is 3.73. The first-order chi connectivity index (χ1) is 4.13. The molecule has 0 radical (unpaired) electrons. The Morgan fingerprint density at radius 2 is 2.33 bits per heavy atom. The van der Waals surface area contributed by atoms with Crippen LogP contribution in [-0.2, 0) is 0 Å². The molecular formula is C4H9N3O2. The smallest absolute Gasteiger partial charge is 0.326 e. The summed E-state index contributed by atoms with van der Waals surface area (Å²) in [7, 11) is 0. The van der Waals surface area contributed by atoms with Gasteiger partial charge in [0.2, 0.25) is 0 Å². The maximum atomic E-state index is 9.92. The number of primary amides is 1. The molecule has 0 aromatic carbocycles. The number of urea groups is 1. The van der Waals surface area contributed by atoms with Crippen LogP contribution in [0.25, 0.3) is 0 Å². The van der Waals surface area contributed by atoms with Crippen LogP contribution in [0.1, 0.15) is 0 Å². The minimum Gasteiger partial charge on any atom is -0.512 e. The molecule has 0 atom stereocenters. The highest BCUT2D eigenvalue weighted by Gasteiger charge is 1.88. The molecule has 0 saturated heterocycles. The summed E-state index contributed by atoms with van der Waals surface area (Å²) in [6.45, 7) is 3.25. The number of carbonyl (C=O) groups excluding carboxylic acids is 1. The summed E-state index contributed by atoms with van der Waals surface area (Å²) in [5.74, 6) is -0.0660. The monoisotopic (exact) mass is 131 g/mol. The summed E-state index contributed by atoms with van der Waals surface area (Å²) in [6.07, 6.45) is 0. The fourth-order valence-corrected chi connectivity index (χ4v) is 0.233. The predicted octanol–water partition coefficient (Wildman–Crippen LogP) is -0.769. The molecule has 0 unspecified atom stereocenters. The van der Waals surface area contributed by atoms with Crippen LogP contribution in [0.2, 0.25) is 0 Å². The van der Waals surface area contributed by atoms with Gasteiger partial charge in [0, 0.05) is 0 Å². The number of nitrogens with one attached hydrogen (secondary N) is 2. The van der Waals surface area contributed by atoms with Gasteiger partial charge in [-0.05, 0) is 0 Å². The van der Waals surface area contributed by atoms with E-state index in [2.05, 4.69) is 17.7 Å². The van der Waals surface area contributed by atoms with Gasteiger partial charge in [0.1, 0.15) is 5.76 Å². The minimum absolute atomic E-state index is 0.0660. The maximum absolute atomic E-state index is 9.92. The first-order valence-corrected chi connectivity index (χ1v) is 2.28. The SMILES string of the molecule is C=C(O)CNNC(N)=O. The second-order valence-electron chi connectivity index (χ2n) is 1.41. The zero-order chi connectivity index (χ0) is 7.28. The lowest BCUT2D eigenvalue weighted by molar-refractivity contribution is 0.244. The number of hydrogen-bond acceptors (Lipinski definition) is 3. The first kappa shape index (κ1) is 7.77. The van der Waals surface area contributed by atoms with Crippen LogP contribution in [0.5, 0.6) is 0 Å². The quantitative estimate of drug-likeness (QED) is 0.299. The van der Waals surface area contributed by atoms with E-state index in [1.807, 2.05) is 5.43 Å². The second-order valence-corrected chi connectivity index (χ2v) is 1.41. The normalized spacial score (nSPS) is 8.44. The first-order valence-electron chi connectivity index (χ1n) is 2.28. The Kier molecular flexibility index (Phi) is 3.22. The summed E-state index contributed by atoms with van der Waals surface area (Å²) in [5, 5.41) is 8.42. The average Bonchev–Trinajstić information content (AvgIpc) is 1.63. The van der Waals surface area contributed by atoms with Crippen molar-refractivity contribution in [2.75, 3.05) is 6.54 Å². The Morgan fingerprint density at radius 3 is 2.67 bits per heavy atom. The molecule has 0 aliphatic rings. The number of hydrogen-bond donors (Lipinski definition) is 4. The molecule has 5 nitrogen and oxygen atoms in total. The van der Waals surface area contributed by atoms with Gasteiger partial charge in [-0.25, -0.2) is 10.2 Å². The largest absolute Gasteiger partial charge is 0.512 e. The molecule has 52 valence electrons. The highest BCUT2D eigenvalue weighted by atomic mass is 16.3. The number of aliphatic hydroxyl groups is 1. The summed E-state index contributed by atoms with van der Waals surface area (Å²) < 4.78 is 0. The molecule has 0 heterocycles. The van der Waals surface area contributed by atoms with E-state index in [0.717, 1.165) is 0 Å². The van der Waals surface area contributed by atoms with Crippen molar-refractivity contribution in [3.63, 3.8) is 0 Å². The van der Waals surface area contributed by atoms with Crippen molar-refractivity contribution in [2.24, 2.45) is 5.73 Å². The van der Waals surface area contributed by atoms with Crippen LogP contribution >= 0.6 is 0 Å². The number of amides is 2. The van der Waals surface area contributed by atoms with Crippen molar-refractivity contribution in [3.05, 3.63) is 12.3 Å². The standard InChI is InChI=1S/C4H9N3O2/c1-3(8)2-6-7-4(5)9/h6,8H,1-2H2,(H3,5,7,9). The predicted molar refractivity (Wildman–Crippen MR) is 32.5 cm³/mol. The Morgan fingerprint density at radius 1 is 1.78 bits per heavy atom. The highest BCUT2D eigenvalue weighted by Crippen LogP contribution is 1.72. The lowest BCUT2D eigenvalue weighted by Crippen LogP contribution is -2.41. The van der Waals surface area contributed by atoms with E-state index in [9.17, 15) is 4.79 Å².